The molecule has 1 aliphatic heterocycles. The van der Waals surface area contributed by atoms with Crippen molar-refractivity contribution in [1.29, 1.82) is 0 Å². The van der Waals surface area contributed by atoms with Gasteiger partial charge in [-0.2, -0.15) is 0 Å². The number of aryl methyl sites for hydroxylation is 1. The fourth-order valence-electron chi connectivity index (χ4n) is 4.47. The zero-order valence-electron chi connectivity index (χ0n) is 15.9. The van der Waals surface area contributed by atoms with Crippen LogP contribution in [0.4, 0.5) is 4.79 Å². The van der Waals surface area contributed by atoms with Gasteiger partial charge in [-0.3, -0.25) is 9.80 Å². The van der Waals surface area contributed by atoms with Crippen LogP contribution in [0.1, 0.15) is 75.6 Å². The molecule has 1 unspecified atom stereocenters. The molecular formula is C21H32N2O2. The molecule has 138 valence electrons. The highest BCUT2D eigenvalue weighted by atomic mass is 16.4. The molecule has 1 heterocycles. The Morgan fingerprint density at radius 1 is 1.20 bits per heavy atom. The first-order valence-corrected chi connectivity index (χ1v) is 9.72. The number of carbonyl (C=O) groups is 1. The number of fused-ring (bicyclic) bond motifs is 1. The average molecular weight is 344 g/mol. The van der Waals surface area contributed by atoms with E-state index in [1.54, 1.807) is 4.90 Å². The van der Waals surface area contributed by atoms with Crippen LogP contribution in [0.25, 0.3) is 0 Å². The van der Waals surface area contributed by atoms with Gasteiger partial charge in [0.15, 0.2) is 0 Å². The summed E-state index contributed by atoms with van der Waals surface area (Å²) in [4.78, 5) is 16.1. The molecule has 1 atom stereocenters. The molecule has 2 aliphatic rings. The highest BCUT2D eigenvalue weighted by Crippen LogP contribution is 2.38. The van der Waals surface area contributed by atoms with Gasteiger partial charge in [0, 0.05) is 12.1 Å². The minimum absolute atomic E-state index is 0.0229. The van der Waals surface area contributed by atoms with Crippen LogP contribution in [0.5, 0.6) is 0 Å². The second-order valence-electron chi connectivity index (χ2n) is 8.60. The van der Waals surface area contributed by atoms with Crippen molar-refractivity contribution < 1.29 is 9.90 Å². The Hall–Kier alpha value is -1.55. The van der Waals surface area contributed by atoms with Gasteiger partial charge in [-0.25, -0.2) is 4.79 Å². The van der Waals surface area contributed by atoms with Crippen molar-refractivity contribution in [3.63, 3.8) is 0 Å². The van der Waals surface area contributed by atoms with Crippen molar-refractivity contribution >= 4 is 6.09 Å². The minimum atomic E-state index is -0.817. The van der Waals surface area contributed by atoms with E-state index < -0.39 is 11.6 Å². The van der Waals surface area contributed by atoms with Crippen LogP contribution in [0.15, 0.2) is 18.2 Å². The Kier molecular flexibility index (Phi) is 5.38. The van der Waals surface area contributed by atoms with Gasteiger partial charge in [-0.15, -0.1) is 0 Å². The summed E-state index contributed by atoms with van der Waals surface area (Å²) >= 11 is 0. The summed E-state index contributed by atoms with van der Waals surface area (Å²) in [6.45, 7) is 9.40. The molecule has 0 spiro atoms. The van der Waals surface area contributed by atoms with Crippen molar-refractivity contribution in [2.24, 2.45) is 0 Å². The fourth-order valence-corrected chi connectivity index (χ4v) is 4.47. The van der Waals surface area contributed by atoms with Crippen LogP contribution in [0, 0.1) is 0 Å². The quantitative estimate of drug-likeness (QED) is 0.854. The van der Waals surface area contributed by atoms with E-state index in [0.29, 0.717) is 0 Å². The van der Waals surface area contributed by atoms with E-state index in [1.807, 2.05) is 20.8 Å². The first-order chi connectivity index (χ1) is 11.9. The first kappa shape index (κ1) is 18.2. The van der Waals surface area contributed by atoms with Crippen molar-refractivity contribution in [2.45, 2.75) is 77.4 Å². The lowest BCUT2D eigenvalue weighted by molar-refractivity contribution is 0.0638. The predicted molar refractivity (Wildman–Crippen MR) is 101 cm³/mol. The van der Waals surface area contributed by atoms with E-state index in [1.165, 1.54) is 49.0 Å². The van der Waals surface area contributed by atoms with Crippen molar-refractivity contribution in [3.8, 4) is 0 Å². The standard InChI is InChI=1S/C21H32N2O2/c1-21(2,3)23(20(24)25)19-9-7-8-17-14-16(10-11-18(17)19)15-22-12-5-4-6-13-22/h10-11,14,19H,4-9,12-13,15H2,1-3H3,(H,24,25). The molecule has 1 aromatic rings. The summed E-state index contributed by atoms with van der Waals surface area (Å²) in [5.41, 5.74) is 3.54. The van der Waals surface area contributed by atoms with Crippen molar-refractivity contribution in [2.75, 3.05) is 13.1 Å². The second kappa shape index (κ2) is 7.36. The molecule has 1 fully saturated rings. The minimum Gasteiger partial charge on any atom is -0.465 e. The molecule has 0 saturated carbocycles. The van der Waals surface area contributed by atoms with Gasteiger partial charge in [-0.05, 0) is 82.7 Å². The highest BCUT2D eigenvalue weighted by molar-refractivity contribution is 5.67. The smallest absolute Gasteiger partial charge is 0.408 e. The second-order valence-corrected chi connectivity index (χ2v) is 8.60. The monoisotopic (exact) mass is 344 g/mol. The molecule has 3 rings (SSSR count). The SMILES string of the molecule is CC(C)(C)N(C(=O)O)C1CCCc2cc(CN3CCCCC3)ccc21. The largest absolute Gasteiger partial charge is 0.465 e. The zero-order valence-corrected chi connectivity index (χ0v) is 15.9. The van der Waals surface area contributed by atoms with Crippen LogP contribution < -0.4 is 0 Å². The number of carboxylic acid groups (broad SMARTS) is 1. The molecule has 1 saturated heterocycles. The number of hydrogen-bond acceptors (Lipinski definition) is 2. The maximum absolute atomic E-state index is 11.9. The molecule has 1 aliphatic carbocycles. The van der Waals surface area contributed by atoms with Gasteiger partial charge < -0.3 is 5.11 Å². The molecule has 1 aromatic carbocycles. The summed E-state index contributed by atoms with van der Waals surface area (Å²) < 4.78 is 0. The van der Waals surface area contributed by atoms with E-state index in [2.05, 4.69) is 23.1 Å². The Morgan fingerprint density at radius 2 is 1.92 bits per heavy atom. The molecule has 0 radical (unpaired) electrons. The number of rotatable bonds is 3. The lowest BCUT2D eigenvalue weighted by atomic mass is 9.84. The molecular weight excluding hydrogens is 312 g/mol. The summed E-state index contributed by atoms with van der Waals surface area (Å²) in [5, 5.41) is 9.78. The van der Waals surface area contributed by atoms with Crippen LogP contribution in [-0.2, 0) is 13.0 Å². The summed E-state index contributed by atoms with van der Waals surface area (Å²) in [6, 6.07) is 6.72. The molecule has 4 heteroatoms. The molecule has 1 N–H and O–H groups in total. The van der Waals surface area contributed by atoms with Gasteiger partial charge in [0.25, 0.3) is 0 Å². The summed E-state index contributed by atoms with van der Waals surface area (Å²) in [6.07, 6.45) is 6.21. The van der Waals surface area contributed by atoms with E-state index in [0.717, 1.165) is 25.8 Å². The number of nitrogens with zero attached hydrogens (tertiary/aromatic N) is 2. The lowest BCUT2D eigenvalue weighted by Gasteiger charge is -2.42. The Bertz CT molecular complexity index is 615. The van der Waals surface area contributed by atoms with E-state index in [4.69, 9.17) is 0 Å². The highest BCUT2D eigenvalue weighted by Gasteiger charge is 2.36. The Labute approximate surface area is 151 Å². The normalized spacial score (nSPS) is 21.6. The Balaban J connectivity index is 1.83. The third-order valence-electron chi connectivity index (χ3n) is 5.59. The van der Waals surface area contributed by atoms with Gasteiger partial charge in [0.1, 0.15) is 0 Å². The third kappa shape index (κ3) is 4.17. The maximum Gasteiger partial charge on any atom is 0.408 e. The van der Waals surface area contributed by atoms with E-state index in [-0.39, 0.29) is 6.04 Å². The van der Waals surface area contributed by atoms with Crippen LogP contribution >= 0.6 is 0 Å². The Morgan fingerprint density at radius 3 is 2.56 bits per heavy atom. The van der Waals surface area contributed by atoms with E-state index in [9.17, 15) is 9.90 Å². The predicted octanol–water partition coefficient (Wildman–Crippen LogP) is 4.83. The summed E-state index contributed by atoms with van der Waals surface area (Å²) in [5.74, 6) is 0. The molecule has 25 heavy (non-hydrogen) atoms. The zero-order chi connectivity index (χ0) is 18.0. The van der Waals surface area contributed by atoms with Crippen molar-refractivity contribution in [1.82, 2.24) is 9.80 Å². The fraction of sp³-hybridized carbons (Fsp3) is 0.667. The third-order valence-corrected chi connectivity index (χ3v) is 5.59. The van der Waals surface area contributed by atoms with Crippen LogP contribution in [0.3, 0.4) is 0 Å². The first-order valence-electron chi connectivity index (χ1n) is 9.72. The number of piperidine rings is 1. The number of hydrogen-bond donors (Lipinski definition) is 1. The number of amides is 1. The van der Waals surface area contributed by atoms with Gasteiger partial charge in [0.05, 0.1) is 6.04 Å². The van der Waals surface area contributed by atoms with Gasteiger partial charge >= 0.3 is 6.09 Å². The lowest BCUT2D eigenvalue weighted by Crippen LogP contribution is -2.48. The average Bonchev–Trinajstić information content (AvgIpc) is 2.54. The maximum atomic E-state index is 11.9. The van der Waals surface area contributed by atoms with Gasteiger partial charge in [-0.1, -0.05) is 24.6 Å². The number of likely N-dealkylation sites (tertiary alicyclic amines) is 1. The van der Waals surface area contributed by atoms with Crippen LogP contribution in [-0.4, -0.2) is 39.6 Å². The molecule has 0 aromatic heterocycles. The topological polar surface area (TPSA) is 43.8 Å². The molecule has 4 nitrogen and oxygen atoms in total. The number of benzene rings is 1. The van der Waals surface area contributed by atoms with Crippen LogP contribution in [0.2, 0.25) is 0 Å². The van der Waals surface area contributed by atoms with Crippen molar-refractivity contribution in [3.05, 3.63) is 34.9 Å². The summed E-state index contributed by atoms with van der Waals surface area (Å²) in [7, 11) is 0. The molecule has 1 amide bonds. The molecule has 0 bridgehead atoms. The van der Waals surface area contributed by atoms with Gasteiger partial charge in [0.2, 0.25) is 0 Å². The van der Waals surface area contributed by atoms with E-state index >= 15 is 0 Å².